The van der Waals surface area contributed by atoms with Crippen molar-refractivity contribution in [1.29, 1.82) is 0 Å². The van der Waals surface area contributed by atoms with Gasteiger partial charge in [-0.05, 0) is 117 Å². The molecule has 1 heterocycles. The van der Waals surface area contributed by atoms with E-state index in [2.05, 4.69) is 45.2 Å². The minimum absolute atomic E-state index is 0.0711. The van der Waals surface area contributed by atoms with E-state index in [4.69, 9.17) is 21.1 Å². The molecule has 0 atom stereocenters. The molecule has 36 heavy (non-hydrogen) atoms. The van der Waals surface area contributed by atoms with Crippen LogP contribution in [0.1, 0.15) is 23.6 Å². The molecule has 0 saturated carbocycles. The highest BCUT2D eigenvalue weighted by Gasteiger charge is 2.35. The Morgan fingerprint density at radius 2 is 1.83 bits per heavy atom. The van der Waals surface area contributed by atoms with E-state index in [1.807, 2.05) is 37.3 Å². The standard InChI is InChI=1S/C26H19ClFI2NO4S/c1-2-34-22-11-16(10-21(30)24(22)35-14-18-19(27)4-3-5-20(18)28)12-23-25(32)31(26(33)36-23)13-15-6-8-17(29)9-7-15/h3-12H,2,13-14H2,1H3/b23-12-. The summed E-state index contributed by atoms with van der Waals surface area (Å²) in [5.74, 6) is 0.0982. The van der Waals surface area contributed by atoms with Crippen LogP contribution in [0.15, 0.2) is 59.5 Å². The maximum atomic E-state index is 14.2. The highest BCUT2D eigenvalue weighted by atomic mass is 127. The second-order valence-corrected chi connectivity index (χ2v) is 11.5. The van der Waals surface area contributed by atoms with Crippen molar-refractivity contribution in [1.82, 2.24) is 4.90 Å². The van der Waals surface area contributed by atoms with Crippen LogP contribution in [0.25, 0.3) is 6.08 Å². The quantitative estimate of drug-likeness (QED) is 0.173. The first kappa shape index (κ1) is 27.2. The minimum Gasteiger partial charge on any atom is -0.490 e. The van der Waals surface area contributed by atoms with E-state index >= 15 is 0 Å². The molecule has 186 valence electrons. The second-order valence-electron chi connectivity index (χ2n) is 7.65. The number of amides is 2. The van der Waals surface area contributed by atoms with Gasteiger partial charge in [-0.2, -0.15) is 0 Å². The molecular weight excluding hydrogens is 731 g/mol. The summed E-state index contributed by atoms with van der Waals surface area (Å²) in [5, 5.41) is -0.0354. The third kappa shape index (κ3) is 6.35. The summed E-state index contributed by atoms with van der Waals surface area (Å²) in [4.78, 5) is 27.1. The predicted molar refractivity (Wildman–Crippen MR) is 157 cm³/mol. The molecular formula is C26H19ClFI2NO4S. The number of nitrogens with zero attached hydrogens (tertiary/aromatic N) is 1. The van der Waals surface area contributed by atoms with E-state index in [-0.39, 0.29) is 34.9 Å². The number of halogens is 4. The lowest BCUT2D eigenvalue weighted by atomic mass is 10.1. The lowest BCUT2D eigenvalue weighted by Crippen LogP contribution is -2.27. The van der Waals surface area contributed by atoms with Gasteiger partial charge in [-0.25, -0.2) is 4.39 Å². The maximum Gasteiger partial charge on any atom is 0.293 e. The molecule has 5 nitrogen and oxygen atoms in total. The number of ether oxygens (including phenoxy) is 2. The van der Waals surface area contributed by atoms with E-state index in [1.54, 1.807) is 18.2 Å². The van der Waals surface area contributed by atoms with Gasteiger partial charge in [0.05, 0.1) is 26.6 Å². The summed E-state index contributed by atoms with van der Waals surface area (Å²) >= 11 is 11.3. The Morgan fingerprint density at radius 1 is 1.08 bits per heavy atom. The molecule has 1 fully saturated rings. The number of rotatable bonds is 8. The van der Waals surface area contributed by atoms with Gasteiger partial charge in [0.15, 0.2) is 11.5 Å². The second kappa shape index (κ2) is 12.1. The molecule has 3 aromatic rings. The van der Waals surface area contributed by atoms with Gasteiger partial charge in [0.2, 0.25) is 0 Å². The summed E-state index contributed by atoms with van der Waals surface area (Å²) in [5.41, 5.74) is 1.81. The van der Waals surface area contributed by atoms with Crippen molar-refractivity contribution in [2.75, 3.05) is 6.61 Å². The van der Waals surface area contributed by atoms with E-state index in [0.717, 1.165) is 20.9 Å². The Hall–Kier alpha value is -1.83. The van der Waals surface area contributed by atoms with Gasteiger partial charge in [0.1, 0.15) is 12.4 Å². The normalized spacial score (nSPS) is 14.6. The van der Waals surface area contributed by atoms with Crippen LogP contribution in [0.2, 0.25) is 5.02 Å². The molecule has 1 saturated heterocycles. The Balaban J connectivity index is 1.57. The molecule has 2 amide bonds. The van der Waals surface area contributed by atoms with Crippen LogP contribution in [0.4, 0.5) is 9.18 Å². The fourth-order valence-electron chi connectivity index (χ4n) is 3.45. The Bertz CT molecular complexity index is 1330. The molecule has 0 radical (unpaired) electrons. The average molecular weight is 750 g/mol. The van der Waals surface area contributed by atoms with Gasteiger partial charge in [0, 0.05) is 9.13 Å². The summed E-state index contributed by atoms with van der Waals surface area (Å²) in [6.07, 6.45) is 1.67. The number of hydrogen-bond donors (Lipinski definition) is 0. The summed E-state index contributed by atoms with van der Waals surface area (Å²) in [6, 6.07) is 15.7. The molecule has 0 aliphatic carbocycles. The van der Waals surface area contributed by atoms with Crippen molar-refractivity contribution >= 4 is 85.8 Å². The zero-order valence-corrected chi connectivity index (χ0v) is 24.8. The van der Waals surface area contributed by atoms with Gasteiger partial charge < -0.3 is 9.47 Å². The van der Waals surface area contributed by atoms with E-state index < -0.39 is 5.82 Å². The van der Waals surface area contributed by atoms with Gasteiger partial charge in [-0.15, -0.1) is 0 Å². The molecule has 0 N–H and O–H groups in total. The van der Waals surface area contributed by atoms with E-state index in [1.165, 1.54) is 17.0 Å². The number of thioether (sulfide) groups is 1. The first-order valence-electron chi connectivity index (χ1n) is 10.8. The Labute approximate surface area is 244 Å². The number of carbonyl (C=O) groups is 2. The third-order valence-electron chi connectivity index (χ3n) is 5.18. The average Bonchev–Trinajstić information content (AvgIpc) is 3.09. The van der Waals surface area contributed by atoms with Crippen molar-refractivity contribution in [3.8, 4) is 11.5 Å². The predicted octanol–water partition coefficient (Wildman–Crippen LogP) is 7.90. The zero-order valence-electron chi connectivity index (χ0n) is 18.9. The molecule has 4 rings (SSSR count). The molecule has 0 aromatic heterocycles. The summed E-state index contributed by atoms with van der Waals surface area (Å²) in [6.45, 7) is 2.36. The summed E-state index contributed by atoms with van der Waals surface area (Å²) < 4.78 is 27.6. The minimum atomic E-state index is -0.451. The molecule has 0 unspecified atom stereocenters. The highest BCUT2D eigenvalue weighted by molar-refractivity contribution is 14.1. The number of carbonyl (C=O) groups excluding carboxylic acids is 2. The van der Waals surface area contributed by atoms with Crippen molar-refractivity contribution in [2.24, 2.45) is 0 Å². The van der Waals surface area contributed by atoms with Crippen molar-refractivity contribution in [3.05, 3.63) is 94.2 Å². The number of imide groups is 1. The van der Waals surface area contributed by atoms with Gasteiger partial charge >= 0.3 is 0 Å². The highest BCUT2D eigenvalue weighted by Crippen LogP contribution is 2.38. The van der Waals surface area contributed by atoms with Crippen LogP contribution in [0, 0.1) is 13.0 Å². The van der Waals surface area contributed by atoms with E-state index in [0.29, 0.717) is 32.1 Å². The molecule has 3 aromatic carbocycles. The smallest absolute Gasteiger partial charge is 0.293 e. The lowest BCUT2D eigenvalue weighted by molar-refractivity contribution is -0.123. The van der Waals surface area contributed by atoms with Gasteiger partial charge in [-0.1, -0.05) is 29.8 Å². The fourth-order valence-corrected chi connectivity index (χ4v) is 5.65. The number of hydrogen-bond acceptors (Lipinski definition) is 5. The van der Waals surface area contributed by atoms with Crippen molar-refractivity contribution < 1.29 is 23.5 Å². The first-order chi connectivity index (χ1) is 17.3. The monoisotopic (exact) mass is 749 g/mol. The largest absolute Gasteiger partial charge is 0.490 e. The van der Waals surface area contributed by atoms with Crippen LogP contribution in [0.5, 0.6) is 11.5 Å². The van der Waals surface area contributed by atoms with Crippen LogP contribution in [-0.4, -0.2) is 22.7 Å². The molecule has 10 heteroatoms. The molecule has 1 aliphatic heterocycles. The van der Waals surface area contributed by atoms with Crippen LogP contribution in [-0.2, 0) is 17.9 Å². The van der Waals surface area contributed by atoms with Gasteiger partial charge in [-0.3, -0.25) is 14.5 Å². The SMILES string of the molecule is CCOc1cc(/C=C2\SC(=O)N(Cc3ccc(I)cc3)C2=O)cc(I)c1OCc1c(F)cccc1Cl. The van der Waals surface area contributed by atoms with Crippen molar-refractivity contribution in [3.63, 3.8) is 0 Å². The first-order valence-corrected chi connectivity index (χ1v) is 14.1. The summed E-state index contributed by atoms with van der Waals surface area (Å²) in [7, 11) is 0. The van der Waals surface area contributed by atoms with E-state index in [9.17, 15) is 14.0 Å². The molecule has 0 bridgehead atoms. The molecule has 0 spiro atoms. The van der Waals surface area contributed by atoms with Crippen LogP contribution >= 0.6 is 68.5 Å². The Kier molecular flexibility index (Phi) is 9.18. The van der Waals surface area contributed by atoms with Gasteiger partial charge in [0.25, 0.3) is 11.1 Å². The third-order valence-corrected chi connectivity index (χ3v) is 7.96. The fraction of sp³-hybridized carbons (Fsp3) is 0.154. The topological polar surface area (TPSA) is 55.8 Å². The van der Waals surface area contributed by atoms with Crippen molar-refractivity contribution in [2.45, 2.75) is 20.1 Å². The van der Waals surface area contributed by atoms with Crippen LogP contribution in [0.3, 0.4) is 0 Å². The zero-order chi connectivity index (χ0) is 25.8. The lowest BCUT2D eigenvalue weighted by Gasteiger charge is -2.16. The van der Waals surface area contributed by atoms with Crippen LogP contribution < -0.4 is 9.47 Å². The molecule has 1 aliphatic rings. The number of benzene rings is 3. The Morgan fingerprint density at radius 3 is 2.53 bits per heavy atom. The maximum absolute atomic E-state index is 14.2.